The van der Waals surface area contributed by atoms with Crippen molar-refractivity contribution in [2.75, 3.05) is 0 Å². The van der Waals surface area contributed by atoms with Gasteiger partial charge in [-0.15, -0.1) is 6.42 Å². The number of Topliss-reactive ketones (excluding diaryl/α,β-unsaturated/α-hetero) is 1. The molecule has 0 heterocycles. The molecule has 0 saturated heterocycles. The van der Waals surface area contributed by atoms with Gasteiger partial charge in [0.1, 0.15) is 5.75 Å². The first-order valence-corrected chi connectivity index (χ1v) is 4.43. The number of phenolic OH excluding ortho intramolecular Hbond substituents is 1. The average Bonchev–Trinajstić information content (AvgIpc) is 2.17. The van der Waals surface area contributed by atoms with Gasteiger partial charge in [-0.25, -0.2) is 0 Å². The maximum Gasteiger partial charge on any atom is 0.160 e. The topological polar surface area (TPSA) is 37.3 Å². The number of ketones is 1. The summed E-state index contributed by atoms with van der Waals surface area (Å²) in [6.07, 6.45) is 5.93. The summed E-state index contributed by atoms with van der Waals surface area (Å²) in [6.45, 7) is 3.42. The lowest BCUT2D eigenvalue weighted by atomic mass is 9.99. The number of hydrogen-bond donors (Lipinski definition) is 1. The minimum atomic E-state index is -0.0549. The van der Waals surface area contributed by atoms with Crippen molar-refractivity contribution in [2.45, 2.75) is 20.3 Å². The predicted molar refractivity (Wildman–Crippen MR) is 55.4 cm³/mol. The molecule has 1 aromatic carbocycles. The Morgan fingerprint density at radius 1 is 1.57 bits per heavy atom. The molecule has 2 heteroatoms. The van der Waals surface area contributed by atoms with Crippen molar-refractivity contribution >= 4 is 5.78 Å². The van der Waals surface area contributed by atoms with Gasteiger partial charge in [0.15, 0.2) is 5.78 Å². The van der Waals surface area contributed by atoms with Crippen LogP contribution in [0, 0.1) is 12.3 Å². The molecule has 0 radical (unpaired) electrons. The minimum Gasteiger partial charge on any atom is -0.507 e. The fourth-order valence-electron chi connectivity index (χ4n) is 1.37. The van der Waals surface area contributed by atoms with Crippen LogP contribution in [0.2, 0.25) is 0 Å². The van der Waals surface area contributed by atoms with Gasteiger partial charge in [0, 0.05) is 5.56 Å². The second kappa shape index (κ2) is 3.97. The van der Waals surface area contributed by atoms with Crippen LogP contribution < -0.4 is 0 Å². The molecule has 1 N–H and O–H groups in total. The van der Waals surface area contributed by atoms with Crippen LogP contribution in [0.25, 0.3) is 0 Å². The number of carbonyl (C=O) groups excluding carboxylic acids is 1. The summed E-state index contributed by atoms with van der Waals surface area (Å²) in [7, 11) is 0. The maximum atomic E-state index is 11.2. The molecule has 2 nitrogen and oxygen atoms in total. The van der Waals surface area contributed by atoms with E-state index in [1.165, 1.54) is 13.0 Å². The highest BCUT2D eigenvalue weighted by Gasteiger charge is 2.09. The van der Waals surface area contributed by atoms with Crippen LogP contribution in [0.5, 0.6) is 5.75 Å². The van der Waals surface area contributed by atoms with Gasteiger partial charge in [-0.2, -0.15) is 0 Å². The van der Waals surface area contributed by atoms with Crippen LogP contribution in [-0.2, 0) is 6.42 Å². The van der Waals surface area contributed by atoms with Gasteiger partial charge in [0.05, 0.1) is 5.56 Å². The summed E-state index contributed by atoms with van der Waals surface area (Å²) >= 11 is 0. The Morgan fingerprint density at radius 2 is 2.21 bits per heavy atom. The zero-order valence-corrected chi connectivity index (χ0v) is 8.29. The Morgan fingerprint density at radius 3 is 2.64 bits per heavy atom. The van der Waals surface area contributed by atoms with Crippen LogP contribution in [0.3, 0.4) is 0 Å². The minimum absolute atomic E-state index is 0.00472. The van der Waals surface area contributed by atoms with E-state index in [2.05, 4.69) is 5.92 Å². The van der Waals surface area contributed by atoms with Gasteiger partial charge in [-0.05, 0) is 31.0 Å². The first-order valence-electron chi connectivity index (χ1n) is 4.43. The number of rotatable bonds is 2. The normalized spacial score (nSPS) is 9.50. The molecule has 0 spiro atoms. The van der Waals surface area contributed by atoms with Gasteiger partial charge < -0.3 is 5.11 Å². The second-order valence-corrected chi connectivity index (χ2v) is 3.08. The molecule has 0 saturated carbocycles. The van der Waals surface area contributed by atoms with Crippen molar-refractivity contribution in [2.24, 2.45) is 0 Å². The molecule has 0 aliphatic carbocycles. The first-order chi connectivity index (χ1) is 6.60. The van der Waals surface area contributed by atoms with Crippen molar-refractivity contribution < 1.29 is 9.90 Å². The third-order valence-electron chi connectivity index (χ3n) is 2.14. The van der Waals surface area contributed by atoms with E-state index < -0.39 is 0 Å². The van der Waals surface area contributed by atoms with Crippen LogP contribution >= 0.6 is 0 Å². The molecular formula is C12H12O2. The first kappa shape index (κ1) is 10.3. The number of aryl methyl sites for hydroxylation is 1. The quantitative estimate of drug-likeness (QED) is 0.570. The van der Waals surface area contributed by atoms with Crippen LogP contribution in [-0.4, -0.2) is 10.9 Å². The highest BCUT2D eigenvalue weighted by molar-refractivity contribution is 5.96. The number of benzene rings is 1. The maximum absolute atomic E-state index is 11.2. The molecular weight excluding hydrogens is 176 g/mol. The lowest BCUT2D eigenvalue weighted by Gasteiger charge is -2.06. The summed E-state index contributed by atoms with van der Waals surface area (Å²) in [5.41, 5.74) is 1.86. The standard InChI is InChI=1S/C12H12O2/c1-4-9-6-10(5-2)12(14)7-11(9)8(3)13/h2,6-7,14H,4H2,1,3H3. The van der Waals surface area contributed by atoms with Crippen LogP contribution in [0.4, 0.5) is 0 Å². The molecule has 0 amide bonds. The summed E-state index contributed by atoms with van der Waals surface area (Å²) in [4.78, 5) is 11.2. The molecule has 1 rings (SSSR count). The van der Waals surface area contributed by atoms with Gasteiger partial charge >= 0.3 is 0 Å². The molecule has 72 valence electrons. The summed E-state index contributed by atoms with van der Waals surface area (Å²) in [5, 5.41) is 9.47. The second-order valence-electron chi connectivity index (χ2n) is 3.08. The van der Waals surface area contributed by atoms with Crippen molar-refractivity contribution in [1.29, 1.82) is 0 Å². The Bertz CT molecular complexity index is 411. The Kier molecular flexibility index (Phi) is 2.93. The molecule has 0 aromatic heterocycles. The fourth-order valence-corrected chi connectivity index (χ4v) is 1.37. The Labute approximate surface area is 83.6 Å². The van der Waals surface area contributed by atoms with E-state index in [4.69, 9.17) is 6.42 Å². The van der Waals surface area contributed by atoms with Crippen molar-refractivity contribution in [3.05, 3.63) is 28.8 Å². The predicted octanol–water partition coefficient (Wildman–Crippen LogP) is 2.14. The lowest BCUT2D eigenvalue weighted by molar-refractivity contribution is 0.101. The largest absolute Gasteiger partial charge is 0.507 e. The smallest absolute Gasteiger partial charge is 0.160 e. The highest BCUT2D eigenvalue weighted by Crippen LogP contribution is 2.22. The van der Waals surface area contributed by atoms with E-state index in [1.807, 2.05) is 6.92 Å². The van der Waals surface area contributed by atoms with Gasteiger partial charge in [0.2, 0.25) is 0 Å². The average molecular weight is 188 g/mol. The monoisotopic (exact) mass is 188 g/mol. The molecule has 1 aromatic rings. The molecule has 0 unspecified atom stereocenters. The Hall–Kier alpha value is -1.75. The summed E-state index contributed by atoms with van der Waals surface area (Å²) in [6, 6.07) is 3.13. The van der Waals surface area contributed by atoms with Crippen molar-refractivity contribution in [3.63, 3.8) is 0 Å². The van der Waals surface area contributed by atoms with E-state index in [0.29, 0.717) is 11.1 Å². The van der Waals surface area contributed by atoms with Gasteiger partial charge in [-0.1, -0.05) is 12.8 Å². The summed E-state index contributed by atoms with van der Waals surface area (Å²) in [5.74, 6) is 2.32. The lowest BCUT2D eigenvalue weighted by Crippen LogP contribution is -1.99. The number of aromatic hydroxyl groups is 1. The van der Waals surface area contributed by atoms with Crippen molar-refractivity contribution in [3.8, 4) is 18.1 Å². The van der Waals surface area contributed by atoms with E-state index in [0.717, 1.165) is 12.0 Å². The number of hydrogen-bond acceptors (Lipinski definition) is 2. The SMILES string of the molecule is C#Cc1cc(CC)c(C(C)=O)cc1O. The third kappa shape index (κ3) is 1.77. The number of carbonyl (C=O) groups is 1. The molecule has 0 aliphatic rings. The van der Waals surface area contributed by atoms with Crippen LogP contribution in [0.15, 0.2) is 12.1 Å². The number of terminal acetylenes is 1. The van der Waals surface area contributed by atoms with Gasteiger partial charge in [0.25, 0.3) is 0 Å². The van der Waals surface area contributed by atoms with E-state index in [1.54, 1.807) is 6.07 Å². The third-order valence-corrected chi connectivity index (χ3v) is 2.14. The van der Waals surface area contributed by atoms with Gasteiger partial charge in [-0.3, -0.25) is 4.79 Å². The molecule has 14 heavy (non-hydrogen) atoms. The van der Waals surface area contributed by atoms with E-state index in [9.17, 15) is 9.90 Å². The highest BCUT2D eigenvalue weighted by atomic mass is 16.3. The Balaban J connectivity index is 3.41. The summed E-state index contributed by atoms with van der Waals surface area (Å²) < 4.78 is 0. The molecule has 0 aliphatic heterocycles. The zero-order chi connectivity index (χ0) is 10.7. The fraction of sp³-hybridized carbons (Fsp3) is 0.250. The molecule has 0 bridgehead atoms. The zero-order valence-electron chi connectivity index (χ0n) is 8.29. The van der Waals surface area contributed by atoms with Crippen molar-refractivity contribution in [1.82, 2.24) is 0 Å². The van der Waals surface area contributed by atoms with Crippen LogP contribution in [0.1, 0.15) is 35.3 Å². The van der Waals surface area contributed by atoms with E-state index in [-0.39, 0.29) is 11.5 Å². The molecule has 0 atom stereocenters. The molecule has 0 fully saturated rings. The number of phenols is 1. The van der Waals surface area contributed by atoms with E-state index >= 15 is 0 Å².